The van der Waals surface area contributed by atoms with Crippen molar-refractivity contribution in [1.82, 2.24) is 9.97 Å². The second-order valence-corrected chi connectivity index (χ2v) is 8.04. The lowest BCUT2D eigenvalue weighted by Gasteiger charge is -2.25. The van der Waals surface area contributed by atoms with Crippen molar-refractivity contribution in [2.24, 2.45) is 5.73 Å². The van der Waals surface area contributed by atoms with Crippen LogP contribution in [-0.2, 0) is 0 Å². The van der Waals surface area contributed by atoms with Gasteiger partial charge in [-0.25, -0.2) is 14.4 Å². The van der Waals surface area contributed by atoms with Crippen LogP contribution in [0.2, 0.25) is 0 Å². The van der Waals surface area contributed by atoms with Crippen molar-refractivity contribution in [2.45, 2.75) is 32.7 Å². The molecule has 2 heterocycles. The first-order valence-electron chi connectivity index (χ1n) is 10.5. The largest absolute Gasteiger partial charge is 0.402 e. The Morgan fingerprint density at radius 3 is 2.61 bits per heavy atom. The lowest BCUT2D eigenvalue weighted by Crippen LogP contribution is -2.33. The summed E-state index contributed by atoms with van der Waals surface area (Å²) in [7, 11) is 0. The zero-order chi connectivity index (χ0) is 22.0. The molecule has 160 valence electrons. The molecule has 0 amide bonds. The van der Waals surface area contributed by atoms with Gasteiger partial charge in [0.1, 0.15) is 11.6 Å². The van der Waals surface area contributed by atoms with Gasteiger partial charge in [0.05, 0.1) is 18.3 Å². The van der Waals surface area contributed by atoms with Gasteiger partial charge in [-0.1, -0.05) is 42.0 Å². The number of nitrogens with zero attached hydrogens (tertiary/aromatic N) is 3. The van der Waals surface area contributed by atoms with Crippen LogP contribution in [0.15, 0.2) is 60.3 Å². The summed E-state index contributed by atoms with van der Waals surface area (Å²) in [6.07, 6.45) is 1.89. The molecule has 0 bridgehead atoms. The molecular weight excluding hydrogens is 391 g/mol. The zero-order valence-corrected chi connectivity index (χ0v) is 17.8. The standard InChI is InChI=1S/C25H27FN4O/c1-16-8-10-18(11-9-16)24(17(2)27)25-28-22(19-5-3-6-20(26)13-19)14-23(29-25)30-12-4-7-21(30)15-31/h3,5-6,8-11,13-14,21,31H,4,7,12,15,27H2,1-2H3/t21-/m0/s1. The molecule has 5 nitrogen and oxygen atoms in total. The van der Waals surface area contributed by atoms with Gasteiger partial charge in [-0.3, -0.25) is 0 Å². The van der Waals surface area contributed by atoms with E-state index in [-0.39, 0.29) is 18.5 Å². The first-order chi connectivity index (χ1) is 15.0. The Morgan fingerprint density at radius 1 is 1.16 bits per heavy atom. The number of hydrogen-bond donors (Lipinski definition) is 2. The van der Waals surface area contributed by atoms with Crippen LogP contribution in [0.1, 0.15) is 36.7 Å². The molecule has 1 saturated heterocycles. The van der Waals surface area contributed by atoms with Crippen molar-refractivity contribution in [3.8, 4) is 11.3 Å². The van der Waals surface area contributed by atoms with E-state index < -0.39 is 0 Å². The molecule has 0 unspecified atom stereocenters. The Balaban J connectivity index is 1.90. The number of aryl methyl sites for hydroxylation is 1. The number of aliphatic hydroxyl groups is 1. The highest BCUT2D eigenvalue weighted by molar-refractivity contribution is 5.80. The highest BCUT2D eigenvalue weighted by Crippen LogP contribution is 2.31. The monoisotopic (exact) mass is 418 g/mol. The lowest BCUT2D eigenvalue weighted by molar-refractivity contribution is 0.266. The third-order valence-corrected chi connectivity index (χ3v) is 5.67. The summed E-state index contributed by atoms with van der Waals surface area (Å²) in [6, 6.07) is 16.3. The molecule has 1 aliphatic heterocycles. The van der Waals surface area contributed by atoms with Gasteiger partial charge in [-0.05, 0) is 44.4 Å². The molecule has 6 heteroatoms. The third-order valence-electron chi connectivity index (χ3n) is 5.67. The Hall–Kier alpha value is -3.25. The summed E-state index contributed by atoms with van der Waals surface area (Å²) < 4.78 is 13.9. The number of nitrogens with two attached hydrogens (primary N) is 1. The summed E-state index contributed by atoms with van der Waals surface area (Å²) >= 11 is 0. The highest BCUT2D eigenvalue weighted by atomic mass is 19.1. The minimum atomic E-state index is -0.321. The number of benzene rings is 2. The van der Waals surface area contributed by atoms with E-state index in [9.17, 15) is 9.50 Å². The van der Waals surface area contributed by atoms with Gasteiger partial charge >= 0.3 is 0 Å². The van der Waals surface area contributed by atoms with E-state index in [2.05, 4.69) is 4.90 Å². The Kier molecular flexibility index (Phi) is 6.00. The van der Waals surface area contributed by atoms with Gasteiger partial charge in [-0.2, -0.15) is 0 Å². The van der Waals surface area contributed by atoms with Crippen molar-refractivity contribution in [1.29, 1.82) is 0 Å². The fourth-order valence-electron chi connectivity index (χ4n) is 4.07. The van der Waals surface area contributed by atoms with E-state index in [4.69, 9.17) is 15.7 Å². The van der Waals surface area contributed by atoms with E-state index in [0.29, 0.717) is 28.6 Å². The second-order valence-electron chi connectivity index (χ2n) is 8.04. The van der Waals surface area contributed by atoms with Crippen LogP contribution in [0.5, 0.6) is 0 Å². The van der Waals surface area contributed by atoms with Crippen molar-refractivity contribution >= 4 is 11.4 Å². The SMILES string of the molecule is CC(N)=C(c1ccc(C)cc1)c1nc(-c2cccc(F)c2)cc(N2CCC[C@H]2CO)n1. The van der Waals surface area contributed by atoms with Crippen LogP contribution in [0.3, 0.4) is 0 Å². The van der Waals surface area contributed by atoms with Crippen LogP contribution in [0.25, 0.3) is 16.8 Å². The molecule has 3 N–H and O–H groups in total. The average Bonchev–Trinajstić information content (AvgIpc) is 3.24. The first-order valence-corrected chi connectivity index (χ1v) is 10.5. The summed E-state index contributed by atoms with van der Waals surface area (Å²) in [4.78, 5) is 11.7. The maximum Gasteiger partial charge on any atom is 0.164 e. The van der Waals surface area contributed by atoms with Gasteiger partial charge in [0.2, 0.25) is 0 Å². The summed E-state index contributed by atoms with van der Waals surface area (Å²) in [5.74, 6) is 0.883. The first kappa shape index (κ1) is 21.0. The number of aliphatic hydroxyl groups excluding tert-OH is 1. The molecule has 31 heavy (non-hydrogen) atoms. The molecule has 1 fully saturated rings. The molecule has 0 spiro atoms. The Bertz CT molecular complexity index is 1110. The normalized spacial score (nSPS) is 17.0. The van der Waals surface area contributed by atoms with Gasteiger partial charge in [-0.15, -0.1) is 0 Å². The summed E-state index contributed by atoms with van der Waals surface area (Å²) in [5, 5.41) is 9.83. The average molecular weight is 419 g/mol. The van der Waals surface area contributed by atoms with Crippen LogP contribution >= 0.6 is 0 Å². The zero-order valence-electron chi connectivity index (χ0n) is 17.8. The maximum absolute atomic E-state index is 13.9. The molecule has 0 saturated carbocycles. The smallest absolute Gasteiger partial charge is 0.164 e. The van der Waals surface area contributed by atoms with Crippen molar-refractivity contribution in [3.05, 3.63) is 83.1 Å². The number of aromatic nitrogens is 2. The quantitative estimate of drug-likeness (QED) is 0.647. The maximum atomic E-state index is 13.9. The van der Waals surface area contributed by atoms with Crippen molar-refractivity contribution in [2.75, 3.05) is 18.1 Å². The van der Waals surface area contributed by atoms with E-state index >= 15 is 0 Å². The van der Waals surface area contributed by atoms with Gasteiger partial charge in [0.15, 0.2) is 5.82 Å². The van der Waals surface area contributed by atoms with Crippen LogP contribution in [-0.4, -0.2) is 34.3 Å². The minimum absolute atomic E-state index is 0.00823. The number of anilines is 1. The van der Waals surface area contributed by atoms with Crippen LogP contribution < -0.4 is 10.6 Å². The Morgan fingerprint density at radius 2 is 1.94 bits per heavy atom. The topological polar surface area (TPSA) is 75.3 Å². The lowest BCUT2D eigenvalue weighted by atomic mass is 10.0. The molecule has 4 rings (SSSR count). The van der Waals surface area contributed by atoms with E-state index in [1.54, 1.807) is 6.07 Å². The van der Waals surface area contributed by atoms with Crippen LogP contribution in [0.4, 0.5) is 10.2 Å². The molecule has 0 aliphatic carbocycles. The van der Waals surface area contributed by atoms with E-state index in [0.717, 1.165) is 36.1 Å². The molecule has 1 aliphatic rings. The molecule has 3 aromatic rings. The minimum Gasteiger partial charge on any atom is -0.402 e. The third kappa shape index (κ3) is 4.44. The molecular formula is C25H27FN4O. The van der Waals surface area contributed by atoms with Gasteiger partial charge in [0, 0.05) is 29.4 Å². The van der Waals surface area contributed by atoms with Crippen molar-refractivity contribution < 1.29 is 9.50 Å². The fourth-order valence-corrected chi connectivity index (χ4v) is 4.07. The van der Waals surface area contributed by atoms with Gasteiger partial charge in [0.25, 0.3) is 0 Å². The fraction of sp³-hybridized carbons (Fsp3) is 0.280. The number of hydrogen-bond acceptors (Lipinski definition) is 5. The van der Waals surface area contributed by atoms with E-state index in [1.807, 2.05) is 50.2 Å². The van der Waals surface area contributed by atoms with Crippen molar-refractivity contribution in [3.63, 3.8) is 0 Å². The molecule has 1 aromatic heterocycles. The second kappa shape index (κ2) is 8.86. The van der Waals surface area contributed by atoms with E-state index in [1.165, 1.54) is 12.1 Å². The number of rotatable bonds is 5. The molecule has 0 radical (unpaired) electrons. The molecule has 1 atom stereocenters. The summed E-state index contributed by atoms with van der Waals surface area (Å²) in [5.41, 5.74) is 11.0. The predicted octanol–water partition coefficient (Wildman–Crippen LogP) is 4.29. The summed E-state index contributed by atoms with van der Waals surface area (Å²) in [6.45, 7) is 4.73. The molecule has 2 aromatic carbocycles. The van der Waals surface area contributed by atoms with Crippen LogP contribution in [0, 0.1) is 12.7 Å². The van der Waals surface area contributed by atoms with Gasteiger partial charge < -0.3 is 15.7 Å². The highest BCUT2D eigenvalue weighted by Gasteiger charge is 2.26. The number of allylic oxidation sites excluding steroid dienone is 1. The number of halogens is 1. The predicted molar refractivity (Wildman–Crippen MR) is 122 cm³/mol. The Labute approximate surface area is 182 Å².